The van der Waals surface area contributed by atoms with Crippen molar-refractivity contribution >= 4 is 5.82 Å². The van der Waals surface area contributed by atoms with Gasteiger partial charge in [0.25, 0.3) is 0 Å². The molecule has 1 aromatic heterocycles. The Balaban J connectivity index is 2.08. The Kier molecular flexibility index (Phi) is 2.94. The van der Waals surface area contributed by atoms with Gasteiger partial charge >= 0.3 is 0 Å². The summed E-state index contributed by atoms with van der Waals surface area (Å²) in [6.07, 6.45) is 3.22. The number of anilines is 1. The fourth-order valence-electron chi connectivity index (χ4n) is 2.23. The van der Waals surface area contributed by atoms with Gasteiger partial charge in [0.05, 0.1) is 0 Å². The third-order valence-corrected chi connectivity index (χ3v) is 3.39. The summed E-state index contributed by atoms with van der Waals surface area (Å²) in [6, 6.07) is 4.24. The minimum absolute atomic E-state index is 0.791. The number of nitrogens with zero attached hydrogens (tertiary/aromatic N) is 2. The van der Waals surface area contributed by atoms with Gasteiger partial charge in [-0.1, -0.05) is 13.8 Å². The van der Waals surface area contributed by atoms with Gasteiger partial charge in [0.15, 0.2) is 0 Å². The lowest BCUT2D eigenvalue weighted by molar-refractivity contribution is 0.422. The van der Waals surface area contributed by atoms with E-state index in [-0.39, 0.29) is 0 Å². The SMILES string of the molecule is Cc1ccnc(N2CCC(C(C)C)C2)c1. The van der Waals surface area contributed by atoms with Gasteiger partial charge in [0, 0.05) is 19.3 Å². The highest BCUT2D eigenvalue weighted by atomic mass is 15.2. The lowest BCUT2D eigenvalue weighted by Gasteiger charge is -2.19. The number of hydrogen-bond donors (Lipinski definition) is 0. The van der Waals surface area contributed by atoms with Crippen LogP contribution >= 0.6 is 0 Å². The quantitative estimate of drug-likeness (QED) is 0.736. The highest BCUT2D eigenvalue weighted by molar-refractivity contribution is 5.41. The topological polar surface area (TPSA) is 16.1 Å². The molecule has 0 aliphatic carbocycles. The number of aryl methyl sites for hydroxylation is 1. The van der Waals surface area contributed by atoms with Crippen LogP contribution in [0.3, 0.4) is 0 Å². The van der Waals surface area contributed by atoms with E-state index in [1.165, 1.54) is 25.1 Å². The van der Waals surface area contributed by atoms with E-state index in [1.807, 2.05) is 6.20 Å². The lowest BCUT2D eigenvalue weighted by atomic mass is 9.95. The molecule has 0 spiro atoms. The van der Waals surface area contributed by atoms with Crippen molar-refractivity contribution in [1.29, 1.82) is 0 Å². The van der Waals surface area contributed by atoms with E-state index in [2.05, 4.69) is 42.8 Å². The van der Waals surface area contributed by atoms with Crippen molar-refractivity contribution in [2.24, 2.45) is 11.8 Å². The van der Waals surface area contributed by atoms with Crippen molar-refractivity contribution in [1.82, 2.24) is 4.98 Å². The molecule has 1 aliphatic rings. The first kappa shape index (κ1) is 10.5. The summed E-state index contributed by atoms with van der Waals surface area (Å²) >= 11 is 0. The summed E-state index contributed by atoms with van der Waals surface area (Å²) in [5, 5.41) is 0. The predicted octanol–water partition coefficient (Wildman–Crippen LogP) is 2.87. The van der Waals surface area contributed by atoms with Crippen LogP contribution in [0.2, 0.25) is 0 Å². The smallest absolute Gasteiger partial charge is 0.128 e. The van der Waals surface area contributed by atoms with E-state index in [0.29, 0.717) is 0 Å². The van der Waals surface area contributed by atoms with Crippen molar-refractivity contribution < 1.29 is 0 Å². The maximum absolute atomic E-state index is 4.44. The molecule has 1 unspecified atom stereocenters. The van der Waals surface area contributed by atoms with Crippen LogP contribution in [0.25, 0.3) is 0 Å². The van der Waals surface area contributed by atoms with Crippen molar-refractivity contribution in [3.63, 3.8) is 0 Å². The fraction of sp³-hybridized carbons (Fsp3) is 0.615. The molecule has 1 aromatic rings. The maximum atomic E-state index is 4.44. The first-order valence-electron chi connectivity index (χ1n) is 5.84. The van der Waals surface area contributed by atoms with Crippen LogP contribution in [0.1, 0.15) is 25.8 Å². The molecule has 0 N–H and O–H groups in total. The molecule has 2 heteroatoms. The summed E-state index contributed by atoms with van der Waals surface area (Å²) < 4.78 is 0. The maximum Gasteiger partial charge on any atom is 0.128 e. The number of rotatable bonds is 2. The Morgan fingerprint density at radius 2 is 2.27 bits per heavy atom. The largest absolute Gasteiger partial charge is 0.356 e. The molecule has 0 saturated carbocycles. The monoisotopic (exact) mass is 204 g/mol. The molecule has 2 rings (SSSR count). The summed E-state index contributed by atoms with van der Waals surface area (Å²) in [7, 11) is 0. The van der Waals surface area contributed by atoms with Gasteiger partial charge in [-0.15, -0.1) is 0 Å². The molecule has 1 aliphatic heterocycles. The Labute approximate surface area is 92.3 Å². The van der Waals surface area contributed by atoms with Gasteiger partial charge in [0.1, 0.15) is 5.82 Å². The predicted molar refractivity (Wildman–Crippen MR) is 64.1 cm³/mol. The van der Waals surface area contributed by atoms with Crippen molar-refractivity contribution in [3.05, 3.63) is 23.9 Å². The summed E-state index contributed by atoms with van der Waals surface area (Å²) in [5.41, 5.74) is 1.30. The van der Waals surface area contributed by atoms with Crippen molar-refractivity contribution in [2.45, 2.75) is 27.2 Å². The molecule has 1 atom stereocenters. The molecule has 0 radical (unpaired) electrons. The number of hydrogen-bond acceptors (Lipinski definition) is 2. The zero-order valence-corrected chi connectivity index (χ0v) is 9.90. The van der Waals surface area contributed by atoms with Crippen LogP contribution in [-0.4, -0.2) is 18.1 Å². The molecular weight excluding hydrogens is 184 g/mol. The van der Waals surface area contributed by atoms with E-state index in [4.69, 9.17) is 0 Å². The third kappa shape index (κ3) is 2.31. The second-order valence-corrected chi connectivity index (χ2v) is 4.93. The summed E-state index contributed by atoms with van der Waals surface area (Å²) in [5.74, 6) is 2.78. The zero-order valence-electron chi connectivity index (χ0n) is 9.90. The summed E-state index contributed by atoms with van der Waals surface area (Å²) in [6.45, 7) is 9.10. The fourth-order valence-corrected chi connectivity index (χ4v) is 2.23. The lowest BCUT2D eigenvalue weighted by Crippen LogP contribution is -2.22. The zero-order chi connectivity index (χ0) is 10.8. The first-order valence-corrected chi connectivity index (χ1v) is 5.84. The van der Waals surface area contributed by atoms with Gasteiger partial charge < -0.3 is 4.90 Å². The second-order valence-electron chi connectivity index (χ2n) is 4.93. The standard InChI is InChI=1S/C13H20N2/c1-10(2)12-5-7-15(9-12)13-8-11(3)4-6-14-13/h4,6,8,10,12H,5,7,9H2,1-3H3. The number of aromatic nitrogens is 1. The second kappa shape index (κ2) is 4.21. The molecular formula is C13H20N2. The van der Waals surface area contributed by atoms with Crippen molar-refractivity contribution in [2.75, 3.05) is 18.0 Å². The van der Waals surface area contributed by atoms with Gasteiger partial charge in [-0.05, 0) is 42.9 Å². The Bertz CT molecular complexity index is 333. The third-order valence-electron chi connectivity index (χ3n) is 3.39. The van der Waals surface area contributed by atoms with Gasteiger partial charge in [0.2, 0.25) is 0 Å². The van der Waals surface area contributed by atoms with Crippen LogP contribution in [0.4, 0.5) is 5.82 Å². The van der Waals surface area contributed by atoms with Crippen LogP contribution in [0.5, 0.6) is 0 Å². The van der Waals surface area contributed by atoms with Gasteiger partial charge in [-0.3, -0.25) is 0 Å². The first-order chi connectivity index (χ1) is 7.16. The van der Waals surface area contributed by atoms with Crippen LogP contribution < -0.4 is 4.90 Å². The highest BCUT2D eigenvalue weighted by Crippen LogP contribution is 2.27. The molecule has 2 nitrogen and oxygen atoms in total. The molecule has 1 saturated heterocycles. The number of pyridine rings is 1. The Morgan fingerprint density at radius 3 is 2.87 bits per heavy atom. The average molecular weight is 204 g/mol. The molecule has 2 heterocycles. The average Bonchev–Trinajstić information content (AvgIpc) is 2.66. The van der Waals surface area contributed by atoms with Crippen LogP contribution in [0, 0.1) is 18.8 Å². The molecule has 0 amide bonds. The molecule has 15 heavy (non-hydrogen) atoms. The van der Waals surface area contributed by atoms with E-state index in [1.54, 1.807) is 0 Å². The van der Waals surface area contributed by atoms with E-state index < -0.39 is 0 Å². The summed E-state index contributed by atoms with van der Waals surface area (Å²) in [4.78, 5) is 6.86. The highest BCUT2D eigenvalue weighted by Gasteiger charge is 2.25. The molecule has 0 aromatic carbocycles. The minimum Gasteiger partial charge on any atom is -0.356 e. The van der Waals surface area contributed by atoms with E-state index in [9.17, 15) is 0 Å². The minimum atomic E-state index is 0.791. The Morgan fingerprint density at radius 1 is 1.47 bits per heavy atom. The van der Waals surface area contributed by atoms with E-state index >= 15 is 0 Å². The van der Waals surface area contributed by atoms with Crippen LogP contribution in [0.15, 0.2) is 18.3 Å². The molecule has 82 valence electrons. The van der Waals surface area contributed by atoms with E-state index in [0.717, 1.165) is 17.7 Å². The Hall–Kier alpha value is -1.05. The van der Waals surface area contributed by atoms with Crippen molar-refractivity contribution in [3.8, 4) is 0 Å². The van der Waals surface area contributed by atoms with Crippen LogP contribution in [-0.2, 0) is 0 Å². The molecule has 1 fully saturated rings. The van der Waals surface area contributed by atoms with Gasteiger partial charge in [-0.2, -0.15) is 0 Å². The van der Waals surface area contributed by atoms with Gasteiger partial charge in [-0.25, -0.2) is 4.98 Å². The normalized spacial score (nSPS) is 21.3. The molecule has 0 bridgehead atoms.